The van der Waals surface area contributed by atoms with E-state index in [2.05, 4.69) is 62.0 Å². The predicted octanol–water partition coefficient (Wildman–Crippen LogP) is 2.93. The van der Waals surface area contributed by atoms with Crippen LogP contribution in [0.25, 0.3) is 0 Å². The maximum Gasteiger partial charge on any atom is 0.0543 e. The molecular weight excluding hydrogens is 234 g/mol. The van der Waals surface area contributed by atoms with Gasteiger partial charge in [-0.05, 0) is 37.6 Å². The van der Waals surface area contributed by atoms with Gasteiger partial charge in [-0.25, -0.2) is 0 Å². The Morgan fingerprint density at radius 1 is 1.32 bits per heavy atom. The number of aromatic nitrogens is 1. The van der Waals surface area contributed by atoms with Gasteiger partial charge in [0.2, 0.25) is 0 Å². The van der Waals surface area contributed by atoms with Crippen molar-refractivity contribution in [2.75, 3.05) is 19.6 Å². The van der Waals surface area contributed by atoms with Gasteiger partial charge >= 0.3 is 0 Å². The third-order valence-electron chi connectivity index (χ3n) is 3.87. The zero-order chi connectivity index (χ0) is 14.3. The van der Waals surface area contributed by atoms with Crippen molar-refractivity contribution in [3.63, 3.8) is 0 Å². The number of pyridine rings is 1. The standard InChI is InChI=1S/C16H29N3/c1-6-17-14(3)16(4,5)13-19(7-2)12-15-10-8-9-11-18-15/h8-11,14,17H,6-7,12-13H2,1-5H3. The summed E-state index contributed by atoms with van der Waals surface area (Å²) in [6.07, 6.45) is 1.87. The Morgan fingerprint density at radius 3 is 2.58 bits per heavy atom. The average Bonchev–Trinajstić information content (AvgIpc) is 2.39. The molecule has 0 aliphatic heterocycles. The van der Waals surface area contributed by atoms with E-state index >= 15 is 0 Å². The minimum Gasteiger partial charge on any atom is -0.314 e. The highest BCUT2D eigenvalue weighted by Gasteiger charge is 2.27. The van der Waals surface area contributed by atoms with Crippen LogP contribution in [0.3, 0.4) is 0 Å². The average molecular weight is 263 g/mol. The van der Waals surface area contributed by atoms with E-state index in [4.69, 9.17) is 0 Å². The van der Waals surface area contributed by atoms with E-state index in [0.29, 0.717) is 6.04 Å². The third kappa shape index (κ3) is 5.29. The Hall–Kier alpha value is -0.930. The van der Waals surface area contributed by atoms with Crippen LogP contribution >= 0.6 is 0 Å². The van der Waals surface area contributed by atoms with Crippen molar-refractivity contribution < 1.29 is 0 Å². The number of hydrogen-bond donors (Lipinski definition) is 1. The lowest BCUT2D eigenvalue weighted by Gasteiger charge is -2.37. The summed E-state index contributed by atoms with van der Waals surface area (Å²) in [5, 5.41) is 3.54. The molecule has 1 N–H and O–H groups in total. The first-order valence-electron chi connectivity index (χ1n) is 7.35. The summed E-state index contributed by atoms with van der Waals surface area (Å²) in [6.45, 7) is 15.4. The first kappa shape index (κ1) is 16.1. The first-order valence-corrected chi connectivity index (χ1v) is 7.35. The molecule has 1 aromatic rings. The molecule has 19 heavy (non-hydrogen) atoms. The zero-order valence-electron chi connectivity index (χ0n) is 13.1. The van der Waals surface area contributed by atoms with Crippen LogP contribution < -0.4 is 5.32 Å². The van der Waals surface area contributed by atoms with Crippen molar-refractivity contribution in [2.45, 2.75) is 47.2 Å². The zero-order valence-corrected chi connectivity index (χ0v) is 13.1. The first-order chi connectivity index (χ1) is 8.99. The van der Waals surface area contributed by atoms with Gasteiger partial charge in [-0.3, -0.25) is 9.88 Å². The summed E-state index contributed by atoms with van der Waals surface area (Å²) >= 11 is 0. The second-order valence-electron chi connectivity index (χ2n) is 5.89. The molecule has 0 amide bonds. The van der Waals surface area contributed by atoms with Crippen molar-refractivity contribution in [2.24, 2.45) is 5.41 Å². The van der Waals surface area contributed by atoms with Crippen LogP contribution in [0.2, 0.25) is 0 Å². The molecule has 1 aromatic heterocycles. The summed E-state index contributed by atoms with van der Waals surface area (Å²) in [4.78, 5) is 6.89. The summed E-state index contributed by atoms with van der Waals surface area (Å²) in [6, 6.07) is 6.64. The Labute approximate surface area is 118 Å². The lowest BCUT2D eigenvalue weighted by Crippen LogP contribution is -2.46. The van der Waals surface area contributed by atoms with Crippen LogP contribution in [0, 0.1) is 5.41 Å². The van der Waals surface area contributed by atoms with E-state index in [1.807, 2.05) is 12.3 Å². The lowest BCUT2D eigenvalue weighted by atomic mass is 9.84. The van der Waals surface area contributed by atoms with Crippen LogP contribution in [-0.4, -0.2) is 35.6 Å². The summed E-state index contributed by atoms with van der Waals surface area (Å²) in [5.41, 5.74) is 1.40. The molecule has 0 saturated carbocycles. The van der Waals surface area contributed by atoms with Gasteiger partial charge in [0.05, 0.1) is 5.69 Å². The van der Waals surface area contributed by atoms with Gasteiger partial charge < -0.3 is 5.32 Å². The molecule has 1 heterocycles. The molecule has 0 fully saturated rings. The molecule has 0 bridgehead atoms. The molecule has 0 saturated heterocycles. The fourth-order valence-electron chi connectivity index (χ4n) is 2.30. The molecule has 3 heteroatoms. The Kier molecular flexibility index (Phi) is 6.46. The lowest BCUT2D eigenvalue weighted by molar-refractivity contribution is 0.142. The highest BCUT2D eigenvalue weighted by molar-refractivity contribution is 5.03. The van der Waals surface area contributed by atoms with Gasteiger partial charge in [-0.15, -0.1) is 0 Å². The number of nitrogens with one attached hydrogen (secondary N) is 1. The maximum absolute atomic E-state index is 4.42. The van der Waals surface area contributed by atoms with Crippen molar-refractivity contribution in [3.8, 4) is 0 Å². The largest absolute Gasteiger partial charge is 0.314 e. The van der Waals surface area contributed by atoms with Crippen LogP contribution in [-0.2, 0) is 6.54 Å². The predicted molar refractivity (Wildman–Crippen MR) is 82.1 cm³/mol. The monoisotopic (exact) mass is 263 g/mol. The second kappa shape index (κ2) is 7.61. The second-order valence-corrected chi connectivity index (χ2v) is 5.89. The van der Waals surface area contributed by atoms with Crippen molar-refractivity contribution in [1.82, 2.24) is 15.2 Å². The van der Waals surface area contributed by atoms with Gasteiger partial charge in [0.1, 0.15) is 0 Å². The van der Waals surface area contributed by atoms with E-state index in [1.54, 1.807) is 0 Å². The Morgan fingerprint density at radius 2 is 2.05 bits per heavy atom. The number of hydrogen-bond acceptors (Lipinski definition) is 3. The van der Waals surface area contributed by atoms with Gasteiger partial charge in [0.25, 0.3) is 0 Å². The maximum atomic E-state index is 4.42. The quantitative estimate of drug-likeness (QED) is 0.781. The van der Waals surface area contributed by atoms with Crippen LogP contribution in [0.5, 0.6) is 0 Å². The fraction of sp³-hybridized carbons (Fsp3) is 0.688. The molecule has 1 rings (SSSR count). The molecule has 1 atom stereocenters. The van der Waals surface area contributed by atoms with E-state index < -0.39 is 0 Å². The number of nitrogens with zero attached hydrogens (tertiary/aromatic N) is 2. The van der Waals surface area contributed by atoms with Crippen LogP contribution in [0.15, 0.2) is 24.4 Å². The topological polar surface area (TPSA) is 28.2 Å². The summed E-state index contributed by atoms with van der Waals surface area (Å²) in [7, 11) is 0. The molecule has 1 unspecified atom stereocenters. The van der Waals surface area contributed by atoms with Gasteiger partial charge in [0, 0.05) is 25.3 Å². The van der Waals surface area contributed by atoms with Crippen molar-refractivity contribution in [3.05, 3.63) is 30.1 Å². The highest BCUT2D eigenvalue weighted by atomic mass is 15.1. The Balaban J connectivity index is 2.61. The van der Waals surface area contributed by atoms with E-state index in [1.165, 1.54) is 0 Å². The van der Waals surface area contributed by atoms with Gasteiger partial charge in [0.15, 0.2) is 0 Å². The summed E-state index contributed by atoms with van der Waals surface area (Å²) < 4.78 is 0. The molecule has 0 aromatic carbocycles. The molecule has 0 radical (unpaired) electrons. The van der Waals surface area contributed by atoms with Crippen molar-refractivity contribution in [1.29, 1.82) is 0 Å². The normalized spacial score (nSPS) is 13.8. The molecule has 108 valence electrons. The van der Waals surface area contributed by atoms with E-state index in [0.717, 1.165) is 31.9 Å². The van der Waals surface area contributed by atoms with Gasteiger partial charge in [-0.2, -0.15) is 0 Å². The van der Waals surface area contributed by atoms with E-state index in [9.17, 15) is 0 Å². The highest BCUT2D eigenvalue weighted by Crippen LogP contribution is 2.22. The Bertz CT molecular complexity index is 348. The molecule has 0 aliphatic carbocycles. The van der Waals surface area contributed by atoms with Crippen LogP contribution in [0.4, 0.5) is 0 Å². The van der Waals surface area contributed by atoms with Gasteiger partial charge in [-0.1, -0.05) is 33.8 Å². The number of rotatable bonds is 8. The van der Waals surface area contributed by atoms with E-state index in [-0.39, 0.29) is 5.41 Å². The molecule has 0 aliphatic rings. The fourth-order valence-corrected chi connectivity index (χ4v) is 2.30. The smallest absolute Gasteiger partial charge is 0.0543 e. The SMILES string of the molecule is CCNC(C)C(C)(C)CN(CC)Cc1ccccn1. The molecular formula is C16H29N3. The third-order valence-corrected chi connectivity index (χ3v) is 3.87. The van der Waals surface area contributed by atoms with Crippen molar-refractivity contribution >= 4 is 0 Å². The van der Waals surface area contributed by atoms with Crippen LogP contribution in [0.1, 0.15) is 40.3 Å². The molecule has 3 nitrogen and oxygen atoms in total. The molecule has 0 spiro atoms. The minimum atomic E-state index is 0.251. The summed E-state index contributed by atoms with van der Waals surface area (Å²) in [5.74, 6) is 0. The minimum absolute atomic E-state index is 0.251.